The van der Waals surface area contributed by atoms with E-state index in [1.165, 1.54) is 0 Å². The van der Waals surface area contributed by atoms with Crippen LogP contribution in [0.25, 0.3) is 0 Å². The first-order chi connectivity index (χ1) is 12.9. The normalized spacial score (nSPS) is 13.1. The van der Waals surface area contributed by atoms with E-state index in [0.29, 0.717) is 43.4 Å². The van der Waals surface area contributed by atoms with Crippen LogP contribution in [-0.2, 0) is 21.2 Å². The second-order valence-corrected chi connectivity index (χ2v) is 8.09. The fourth-order valence-electron chi connectivity index (χ4n) is 2.76. The van der Waals surface area contributed by atoms with Crippen molar-refractivity contribution in [1.29, 1.82) is 0 Å². The van der Waals surface area contributed by atoms with Crippen LogP contribution in [0.15, 0.2) is 48.5 Å². The van der Waals surface area contributed by atoms with Gasteiger partial charge in [-0.15, -0.1) is 0 Å². The summed E-state index contributed by atoms with van der Waals surface area (Å²) < 4.78 is 36.4. The zero-order valence-corrected chi connectivity index (χ0v) is 15.9. The maximum absolute atomic E-state index is 12.3. The van der Waals surface area contributed by atoms with E-state index in [4.69, 9.17) is 9.47 Å². The summed E-state index contributed by atoms with van der Waals surface area (Å²) in [5.74, 6) is 0.661. The highest BCUT2D eigenvalue weighted by atomic mass is 32.2. The second kappa shape index (κ2) is 8.30. The van der Waals surface area contributed by atoms with Crippen molar-refractivity contribution in [2.75, 3.05) is 36.9 Å². The molecule has 2 aromatic rings. The molecule has 0 bridgehead atoms. The highest BCUT2D eigenvalue weighted by Crippen LogP contribution is 2.34. The summed E-state index contributed by atoms with van der Waals surface area (Å²) in [5, 5.41) is 2.76. The van der Waals surface area contributed by atoms with Gasteiger partial charge in [0.1, 0.15) is 19.8 Å². The number of anilines is 1. The SMILES string of the molecule is CS(=O)(=O)N(CC(=O)NCCc1ccccc1)c1ccc2c(c1)OCCO2. The zero-order chi connectivity index (χ0) is 19.3. The Kier molecular flexibility index (Phi) is 5.85. The van der Waals surface area contributed by atoms with Gasteiger partial charge in [0.05, 0.1) is 11.9 Å². The quantitative estimate of drug-likeness (QED) is 0.776. The number of hydrogen-bond acceptors (Lipinski definition) is 5. The molecule has 0 spiro atoms. The maximum atomic E-state index is 12.3. The molecule has 3 rings (SSSR count). The number of fused-ring (bicyclic) bond motifs is 1. The topological polar surface area (TPSA) is 84.9 Å². The Morgan fingerprint density at radius 3 is 2.48 bits per heavy atom. The minimum Gasteiger partial charge on any atom is -0.486 e. The molecule has 0 radical (unpaired) electrons. The number of nitrogens with zero attached hydrogens (tertiary/aromatic N) is 1. The van der Waals surface area contributed by atoms with Gasteiger partial charge < -0.3 is 14.8 Å². The summed E-state index contributed by atoms with van der Waals surface area (Å²) in [7, 11) is -3.64. The number of ether oxygens (including phenoxy) is 2. The molecule has 1 amide bonds. The molecule has 1 N–H and O–H groups in total. The van der Waals surface area contributed by atoms with Crippen LogP contribution in [0.4, 0.5) is 5.69 Å². The van der Waals surface area contributed by atoms with Gasteiger partial charge in [0.2, 0.25) is 15.9 Å². The molecular weight excluding hydrogens is 368 g/mol. The Bertz CT molecular complexity index is 900. The van der Waals surface area contributed by atoms with E-state index in [9.17, 15) is 13.2 Å². The summed E-state index contributed by atoms with van der Waals surface area (Å²) in [5.41, 5.74) is 1.46. The van der Waals surface area contributed by atoms with E-state index in [-0.39, 0.29) is 12.5 Å². The van der Waals surface area contributed by atoms with E-state index < -0.39 is 10.0 Å². The summed E-state index contributed by atoms with van der Waals surface area (Å²) in [6.45, 7) is 0.982. The van der Waals surface area contributed by atoms with Crippen LogP contribution < -0.4 is 19.1 Å². The Morgan fingerprint density at radius 1 is 1.07 bits per heavy atom. The molecule has 144 valence electrons. The van der Waals surface area contributed by atoms with Gasteiger partial charge in [-0.05, 0) is 24.1 Å². The molecule has 0 aromatic heterocycles. The van der Waals surface area contributed by atoms with E-state index >= 15 is 0 Å². The van der Waals surface area contributed by atoms with Crippen molar-refractivity contribution in [3.05, 3.63) is 54.1 Å². The average molecular weight is 390 g/mol. The summed E-state index contributed by atoms with van der Waals surface area (Å²) in [6, 6.07) is 14.6. The number of benzene rings is 2. The minimum absolute atomic E-state index is 0.298. The molecule has 7 nitrogen and oxygen atoms in total. The van der Waals surface area contributed by atoms with Crippen LogP contribution in [0.5, 0.6) is 11.5 Å². The lowest BCUT2D eigenvalue weighted by Gasteiger charge is -2.24. The van der Waals surface area contributed by atoms with Crippen molar-refractivity contribution >= 4 is 21.6 Å². The van der Waals surface area contributed by atoms with Crippen LogP contribution in [0, 0.1) is 0 Å². The highest BCUT2D eigenvalue weighted by Gasteiger charge is 2.23. The lowest BCUT2D eigenvalue weighted by atomic mass is 10.1. The van der Waals surface area contributed by atoms with Gasteiger partial charge in [0, 0.05) is 12.6 Å². The second-order valence-electron chi connectivity index (χ2n) is 6.18. The monoisotopic (exact) mass is 390 g/mol. The number of carbonyl (C=O) groups excluding carboxylic acids is 1. The molecule has 0 aliphatic carbocycles. The molecule has 0 saturated carbocycles. The van der Waals surface area contributed by atoms with Gasteiger partial charge in [-0.1, -0.05) is 30.3 Å². The average Bonchev–Trinajstić information content (AvgIpc) is 2.66. The van der Waals surface area contributed by atoms with Crippen molar-refractivity contribution in [2.24, 2.45) is 0 Å². The van der Waals surface area contributed by atoms with Crippen LogP contribution in [0.3, 0.4) is 0 Å². The molecule has 0 atom stereocenters. The van der Waals surface area contributed by atoms with Crippen LogP contribution >= 0.6 is 0 Å². The Labute approximate surface area is 158 Å². The van der Waals surface area contributed by atoms with Crippen LogP contribution in [0.2, 0.25) is 0 Å². The first-order valence-electron chi connectivity index (χ1n) is 8.61. The van der Waals surface area contributed by atoms with Gasteiger partial charge in [-0.2, -0.15) is 0 Å². The van der Waals surface area contributed by atoms with Gasteiger partial charge >= 0.3 is 0 Å². The fraction of sp³-hybridized carbons (Fsp3) is 0.316. The first kappa shape index (κ1) is 19.0. The maximum Gasteiger partial charge on any atom is 0.240 e. The Morgan fingerprint density at radius 2 is 1.78 bits per heavy atom. The predicted octanol–water partition coefficient (Wildman–Crippen LogP) is 1.58. The lowest BCUT2D eigenvalue weighted by Crippen LogP contribution is -2.41. The fourth-order valence-corrected chi connectivity index (χ4v) is 3.61. The smallest absolute Gasteiger partial charge is 0.240 e. The highest BCUT2D eigenvalue weighted by molar-refractivity contribution is 7.92. The van der Waals surface area contributed by atoms with Crippen molar-refractivity contribution in [3.8, 4) is 11.5 Å². The van der Waals surface area contributed by atoms with Crippen LogP contribution in [0.1, 0.15) is 5.56 Å². The summed E-state index contributed by atoms with van der Waals surface area (Å²) in [4.78, 5) is 12.3. The van der Waals surface area contributed by atoms with Gasteiger partial charge in [-0.3, -0.25) is 9.10 Å². The number of rotatable bonds is 7. The van der Waals surface area contributed by atoms with E-state index in [0.717, 1.165) is 16.1 Å². The molecule has 27 heavy (non-hydrogen) atoms. The molecule has 0 saturated heterocycles. The minimum atomic E-state index is -3.64. The van der Waals surface area contributed by atoms with E-state index in [2.05, 4.69) is 5.32 Å². The number of nitrogens with one attached hydrogen (secondary N) is 1. The van der Waals surface area contributed by atoms with Gasteiger partial charge in [-0.25, -0.2) is 8.42 Å². The van der Waals surface area contributed by atoms with Gasteiger partial charge in [0.15, 0.2) is 11.5 Å². The molecular formula is C19H22N2O5S. The van der Waals surface area contributed by atoms with E-state index in [1.54, 1.807) is 18.2 Å². The zero-order valence-electron chi connectivity index (χ0n) is 15.1. The first-order valence-corrected chi connectivity index (χ1v) is 10.5. The van der Waals surface area contributed by atoms with Crippen molar-refractivity contribution in [3.63, 3.8) is 0 Å². The Hall–Kier alpha value is -2.74. The van der Waals surface area contributed by atoms with E-state index in [1.807, 2.05) is 30.3 Å². The number of hydrogen-bond donors (Lipinski definition) is 1. The molecule has 0 fully saturated rings. The predicted molar refractivity (Wildman–Crippen MR) is 103 cm³/mol. The third-order valence-corrected chi connectivity index (χ3v) is 5.22. The van der Waals surface area contributed by atoms with Gasteiger partial charge in [0.25, 0.3) is 0 Å². The van der Waals surface area contributed by atoms with Crippen molar-refractivity contribution in [1.82, 2.24) is 5.32 Å². The molecule has 1 aliphatic rings. The number of amides is 1. The third kappa shape index (κ3) is 5.13. The lowest BCUT2D eigenvalue weighted by molar-refractivity contribution is -0.119. The molecule has 8 heteroatoms. The molecule has 1 heterocycles. The molecule has 1 aliphatic heterocycles. The number of carbonyl (C=O) groups is 1. The van der Waals surface area contributed by atoms with Crippen molar-refractivity contribution < 1.29 is 22.7 Å². The summed E-state index contributed by atoms with van der Waals surface area (Å²) >= 11 is 0. The molecule has 0 unspecified atom stereocenters. The van der Waals surface area contributed by atoms with Crippen molar-refractivity contribution in [2.45, 2.75) is 6.42 Å². The largest absolute Gasteiger partial charge is 0.486 e. The van der Waals surface area contributed by atoms with Crippen LogP contribution in [-0.4, -0.2) is 46.9 Å². The molecule has 2 aromatic carbocycles. The summed E-state index contributed by atoms with van der Waals surface area (Å²) in [6.07, 6.45) is 1.75. The Balaban J connectivity index is 1.66. The third-order valence-electron chi connectivity index (χ3n) is 4.08. The standard InChI is InChI=1S/C19H22N2O5S/c1-27(23,24)21(16-7-8-17-18(13-16)26-12-11-25-17)14-19(22)20-10-9-15-5-3-2-4-6-15/h2-8,13H,9-12,14H2,1H3,(H,20,22). The number of sulfonamides is 1.